The number of hydrazine groups is 1. The molecule has 0 amide bonds. The van der Waals surface area contributed by atoms with Crippen molar-refractivity contribution in [3.8, 4) is 0 Å². The molecule has 0 atom stereocenters. The van der Waals surface area contributed by atoms with E-state index >= 15 is 0 Å². The van der Waals surface area contributed by atoms with Crippen molar-refractivity contribution in [3.05, 3.63) is 23.0 Å². The molecule has 0 aliphatic heterocycles. The summed E-state index contributed by atoms with van der Waals surface area (Å²) in [6.07, 6.45) is 1.30. The van der Waals surface area contributed by atoms with E-state index in [1.165, 1.54) is 19.4 Å². The molecule has 0 aliphatic rings. The third-order valence-corrected chi connectivity index (χ3v) is 1.64. The van der Waals surface area contributed by atoms with Crippen LogP contribution in [0.25, 0.3) is 0 Å². The van der Waals surface area contributed by atoms with E-state index in [9.17, 15) is 4.79 Å². The summed E-state index contributed by atoms with van der Waals surface area (Å²) in [6, 6.07) is 1.44. The number of methoxy groups -OCH3 is 1. The lowest BCUT2D eigenvalue weighted by Gasteiger charge is -2.05. The van der Waals surface area contributed by atoms with Crippen molar-refractivity contribution in [3.63, 3.8) is 0 Å². The lowest BCUT2D eigenvalue weighted by molar-refractivity contribution is 0.0601. The van der Waals surface area contributed by atoms with Crippen LogP contribution in [0.2, 0.25) is 5.15 Å². The van der Waals surface area contributed by atoms with Gasteiger partial charge >= 0.3 is 5.97 Å². The van der Waals surface area contributed by atoms with Gasteiger partial charge in [0.15, 0.2) is 0 Å². The molecule has 1 heterocycles. The molecule has 13 heavy (non-hydrogen) atoms. The zero-order chi connectivity index (χ0) is 9.84. The number of esters is 1. The molecule has 70 valence electrons. The van der Waals surface area contributed by atoms with Crippen LogP contribution in [0.3, 0.4) is 0 Å². The summed E-state index contributed by atoms with van der Waals surface area (Å²) >= 11 is 5.58. The predicted octanol–water partition coefficient (Wildman–Crippen LogP) is 0.807. The molecule has 0 saturated heterocycles. The highest BCUT2D eigenvalue weighted by atomic mass is 35.5. The largest absolute Gasteiger partial charge is 0.465 e. The van der Waals surface area contributed by atoms with Crippen LogP contribution in [0.15, 0.2) is 12.3 Å². The normalized spacial score (nSPS) is 9.46. The maximum Gasteiger partial charge on any atom is 0.341 e. The molecule has 0 saturated carbocycles. The van der Waals surface area contributed by atoms with Gasteiger partial charge in [-0.05, 0) is 0 Å². The Morgan fingerprint density at radius 2 is 2.46 bits per heavy atom. The van der Waals surface area contributed by atoms with Crippen molar-refractivity contribution >= 4 is 23.3 Å². The number of aromatic nitrogens is 1. The van der Waals surface area contributed by atoms with Crippen LogP contribution in [-0.2, 0) is 4.74 Å². The zero-order valence-corrected chi connectivity index (χ0v) is 7.63. The van der Waals surface area contributed by atoms with E-state index in [0.29, 0.717) is 5.69 Å². The van der Waals surface area contributed by atoms with E-state index in [-0.39, 0.29) is 10.7 Å². The summed E-state index contributed by atoms with van der Waals surface area (Å²) in [6.45, 7) is 0. The van der Waals surface area contributed by atoms with Crippen LogP contribution in [0, 0.1) is 0 Å². The van der Waals surface area contributed by atoms with Crippen LogP contribution < -0.4 is 11.3 Å². The van der Waals surface area contributed by atoms with E-state index in [4.69, 9.17) is 17.4 Å². The molecule has 1 aromatic rings. The quantitative estimate of drug-likeness (QED) is 0.320. The molecule has 0 unspecified atom stereocenters. The standard InChI is InChI=1S/C7H8ClN3O2/c1-13-7(12)4-3-10-6(8)2-5(4)11-9/h2-3H,9H2,1H3,(H,10,11). The molecule has 0 spiro atoms. The molecule has 0 aliphatic carbocycles. The molecule has 0 bridgehead atoms. The maximum atomic E-state index is 11.1. The SMILES string of the molecule is COC(=O)c1cnc(Cl)cc1NN. The van der Waals surface area contributed by atoms with E-state index < -0.39 is 5.97 Å². The lowest BCUT2D eigenvalue weighted by Crippen LogP contribution is -2.13. The Balaban J connectivity index is 3.13. The number of nitrogens with zero attached hydrogens (tertiary/aromatic N) is 1. The lowest BCUT2D eigenvalue weighted by atomic mass is 10.2. The Kier molecular flexibility index (Phi) is 3.05. The number of nitrogen functional groups attached to an aromatic ring is 1. The maximum absolute atomic E-state index is 11.1. The van der Waals surface area contributed by atoms with Crippen LogP contribution in [0.4, 0.5) is 5.69 Å². The highest BCUT2D eigenvalue weighted by Gasteiger charge is 2.11. The fraction of sp³-hybridized carbons (Fsp3) is 0.143. The topological polar surface area (TPSA) is 77.2 Å². The van der Waals surface area contributed by atoms with Crippen LogP contribution >= 0.6 is 11.6 Å². The smallest absolute Gasteiger partial charge is 0.341 e. The first-order valence-electron chi connectivity index (χ1n) is 3.39. The molecule has 6 heteroatoms. The monoisotopic (exact) mass is 201 g/mol. The summed E-state index contributed by atoms with van der Waals surface area (Å²) in [7, 11) is 1.28. The Morgan fingerprint density at radius 3 is 3.00 bits per heavy atom. The Morgan fingerprint density at radius 1 is 1.77 bits per heavy atom. The summed E-state index contributed by atoms with van der Waals surface area (Å²) in [5, 5.41) is 0.251. The first-order valence-corrected chi connectivity index (χ1v) is 3.77. The molecule has 3 N–H and O–H groups in total. The van der Waals surface area contributed by atoms with Crippen molar-refractivity contribution in [2.24, 2.45) is 5.84 Å². The van der Waals surface area contributed by atoms with E-state index in [2.05, 4.69) is 15.1 Å². The van der Waals surface area contributed by atoms with Gasteiger partial charge in [0.25, 0.3) is 0 Å². The minimum absolute atomic E-state index is 0.245. The minimum Gasteiger partial charge on any atom is -0.465 e. The molecule has 1 rings (SSSR count). The number of nitrogens with one attached hydrogen (secondary N) is 1. The van der Waals surface area contributed by atoms with E-state index in [1.807, 2.05) is 0 Å². The third-order valence-electron chi connectivity index (χ3n) is 1.43. The van der Waals surface area contributed by atoms with E-state index in [1.54, 1.807) is 0 Å². The first kappa shape index (κ1) is 9.76. The summed E-state index contributed by atoms with van der Waals surface area (Å²) in [4.78, 5) is 14.8. The van der Waals surface area contributed by atoms with Gasteiger partial charge in [-0.15, -0.1) is 0 Å². The van der Waals surface area contributed by atoms with Gasteiger partial charge in [0.05, 0.1) is 12.8 Å². The second-order valence-corrected chi connectivity index (χ2v) is 2.58. The van der Waals surface area contributed by atoms with Crippen molar-refractivity contribution in [2.45, 2.75) is 0 Å². The summed E-state index contributed by atoms with van der Waals surface area (Å²) < 4.78 is 4.50. The molecular formula is C7H8ClN3O2. The van der Waals surface area contributed by atoms with Crippen LogP contribution in [-0.4, -0.2) is 18.1 Å². The second kappa shape index (κ2) is 4.06. The highest BCUT2D eigenvalue weighted by molar-refractivity contribution is 6.29. The molecule has 0 aromatic carbocycles. The van der Waals surface area contributed by atoms with Gasteiger partial charge in [-0.25, -0.2) is 9.78 Å². The predicted molar refractivity (Wildman–Crippen MR) is 48.4 cm³/mol. The number of rotatable bonds is 2. The number of anilines is 1. The molecular weight excluding hydrogens is 194 g/mol. The number of halogens is 1. The molecule has 0 fully saturated rings. The fourth-order valence-corrected chi connectivity index (χ4v) is 0.980. The number of hydrogen-bond donors (Lipinski definition) is 2. The third kappa shape index (κ3) is 2.07. The average molecular weight is 202 g/mol. The van der Waals surface area contributed by atoms with Gasteiger partial charge in [-0.1, -0.05) is 11.6 Å². The Labute approximate surface area is 79.8 Å². The van der Waals surface area contributed by atoms with Crippen LogP contribution in [0.1, 0.15) is 10.4 Å². The molecule has 0 radical (unpaired) electrons. The highest BCUT2D eigenvalue weighted by Crippen LogP contribution is 2.17. The van der Waals surface area contributed by atoms with Crippen molar-refractivity contribution in [2.75, 3.05) is 12.5 Å². The van der Waals surface area contributed by atoms with Crippen molar-refractivity contribution in [1.29, 1.82) is 0 Å². The molecule has 1 aromatic heterocycles. The van der Waals surface area contributed by atoms with Gasteiger partial charge in [0.2, 0.25) is 0 Å². The van der Waals surface area contributed by atoms with Crippen molar-refractivity contribution in [1.82, 2.24) is 4.98 Å². The number of carbonyl (C=O) groups is 1. The average Bonchev–Trinajstić information content (AvgIpc) is 2.16. The van der Waals surface area contributed by atoms with Gasteiger partial charge < -0.3 is 10.2 Å². The Bertz CT molecular complexity index is 330. The molecule has 5 nitrogen and oxygen atoms in total. The van der Waals surface area contributed by atoms with Gasteiger partial charge in [0, 0.05) is 12.3 Å². The van der Waals surface area contributed by atoms with E-state index in [0.717, 1.165) is 0 Å². The summed E-state index contributed by atoms with van der Waals surface area (Å²) in [5.41, 5.74) is 2.95. The number of nitrogens with two attached hydrogens (primary N) is 1. The number of hydrogen-bond acceptors (Lipinski definition) is 5. The fourth-order valence-electron chi connectivity index (χ4n) is 0.822. The van der Waals surface area contributed by atoms with Gasteiger partial charge in [0.1, 0.15) is 10.7 Å². The second-order valence-electron chi connectivity index (χ2n) is 2.19. The van der Waals surface area contributed by atoms with Crippen LogP contribution in [0.5, 0.6) is 0 Å². The van der Waals surface area contributed by atoms with Gasteiger partial charge in [-0.3, -0.25) is 5.84 Å². The zero-order valence-electron chi connectivity index (χ0n) is 6.87. The summed E-state index contributed by atoms with van der Waals surface area (Å²) in [5.74, 6) is 4.65. The first-order chi connectivity index (χ1) is 6.19. The van der Waals surface area contributed by atoms with Gasteiger partial charge in [-0.2, -0.15) is 0 Å². The van der Waals surface area contributed by atoms with Crippen molar-refractivity contribution < 1.29 is 9.53 Å². The number of ether oxygens (including phenoxy) is 1. The Hall–Kier alpha value is -1.33. The minimum atomic E-state index is -0.517. The number of carbonyl (C=O) groups excluding carboxylic acids is 1. The number of pyridine rings is 1.